The summed E-state index contributed by atoms with van der Waals surface area (Å²) in [6, 6.07) is 5.44. The zero-order valence-electron chi connectivity index (χ0n) is 13.4. The molecule has 0 fully saturated rings. The van der Waals surface area contributed by atoms with Crippen molar-refractivity contribution in [1.82, 2.24) is 0 Å². The monoisotopic (exact) mass is 292 g/mol. The number of rotatable bonds is 9. The van der Waals surface area contributed by atoms with Crippen LogP contribution < -0.4 is 11.1 Å². The van der Waals surface area contributed by atoms with Gasteiger partial charge in [-0.15, -0.1) is 0 Å². The van der Waals surface area contributed by atoms with Crippen LogP contribution in [-0.4, -0.2) is 19.1 Å². The fourth-order valence-electron chi connectivity index (χ4n) is 2.23. The number of nitrogens with one attached hydrogen (secondary N) is 1. The van der Waals surface area contributed by atoms with E-state index >= 15 is 0 Å². The molecular weight excluding hydrogens is 264 g/mol. The molecule has 0 aliphatic rings. The molecule has 4 nitrogen and oxygen atoms in total. The molecule has 118 valence electrons. The smallest absolute Gasteiger partial charge is 0.250 e. The van der Waals surface area contributed by atoms with Crippen molar-refractivity contribution >= 4 is 17.3 Å². The Bertz CT molecular complexity index is 446. The summed E-state index contributed by atoms with van der Waals surface area (Å²) in [5.74, 6) is 0.434. The second-order valence-electron chi connectivity index (χ2n) is 5.55. The maximum Gasteiger partial charge on any atom is 0.250 e. The average molecular weight is 292 g/mol. The highest BCUT2D eigenvalue weighted by atomic mass is 16.5. The third kappa shape index (κ3) is 6.63. The van der Waals surface area contributed by atoms with E-state index in [2.05, 4.69) is 19.2 Å². The second-order valence-corrected chi connectivity index (χ2v) is 5.55. The number of hydrogen-bond acceptors (Lipinski definition) is 3. The predicted molar refractivity (Wildman–Crippen MR) is 88.3 cm³/mol. The Morgan fingerprint density at radius 3 is 2.76 bits per heavy atom. The number of unbranched alkanes of at least 4 members (excludes halogenated alkanes) is 1. The van der Waals surface area contributed by atoms with Gasteiger partial charge < -0.3 is 15.8 Å². The zero-order chi connectivity index (χ0) is 15.7. The van der Waals surface area contributed by atoms with E-state index < -0.39 is 0 Å². The third-order valence-electron chi connectivity index (χ3n) is 3.65. The average Bonchev–Trinajstić information content (AvgIpc) is 2.45. The Balaban J connectivity index is 2.33. The van der Waals surface area contributed by atoms with Gasteiger partial charge in [0.2, 0.25) is 5.91 Å². The van der Waals surface area contributed by atoms with Gasteiger partial charge in [-0.1, -0.05) is 33.1 Å². The number of ether oxygens (including phenoxy) is 1. The number of benzene rings is 1. The maximum absolute atomic E-state index is 11.9. The molecule has 1 unspecified atom stereocenters. The summed E-state index contributed by atoms with van der Waals surface area (Å²) in [5.41, 5.74) is 8.13. The molecule has 0 spiro atoms. The number of carbonyl (C=O) groups is 1. The van der Waals surface area contributed by atoms with Crippen LogP contribution in [0.15, 0.2) is 18.2 Å². The lowest BCUT2D eigenvalue weighted by Gasteiger charge is -2.15. The first kappa shape index (κ1) is 17.5. The largest absolute Gasteiger partial charge is 0.399 e. The molecule has 0 radical (unpaired) electrons. The van der Waals surface area contributed by atoms with Crippen LogP contribution in [0.3, 0.4) is 0 Å². The van der Waals surface area contributed by atoms with E-state index in [1.807, 2.05) is 19.1 Å². The number of nitrogen functional groups attached to an aromatic ring is 1. The molecule has 0 aliphatic heterocycles. The van der Waals surface area contributed by atoms with Crippen LogP contribution in [0.25, 0.3) is 0 Å². The number of carbonyl (C=O) groups excluding carboxylic acids is 1. The zero-order valence-corrected chi connectivity index (χ0v) is 13.4. The van der Waals surface area contributed by atoms with Crippen molar-refractivity contribution in [3.63, 3.8) is 0 Å². The lowest BCUT2D eigenvalue weighted by atomic mass is 10.0. The highest BCUT2D eigenvalue weighted by Gasteiger charge is 2.09. The van der Waals surface area contributed by atoms with Gasteiger partial charge in [-0.25, -0.2) is 0 Å². The molecule has 4 heteroatoms. The first-order valence-electron chi connectivity index (χ1n) is 7.80. The van der Waals surface area contributed by atoms with Gasteiger partial charge in [0, 0.05) is 11.4 Å². The molecule has 1 aromatic rings. The highest BCUT2D eigenvalue weighted by Crippen LogP contribution is 2.17. The van der Waals surface area contributed by atoms with Gasteiger partial charge in [0.05, 0.1) is 6.61 Å². The molecule has 0 saturated heterocycles. The minimum Gasteiger partial charge on any atom is -0.399 e. The topological polar surface area (TPSA) is 64.3 Å². The summed E-state index contributed by atoms with van der Waals surface area (Å²) in [6.07, 6.45) is 4.69. The maximum atomic E-state index is 11.9. The lowest BCUT2D eigenvalue weighted by Crippen LogP contribution is -2.21. The van der Waals surface area contributed by atoms with Gasteiger partial charge in [0.15, 0.2) is 0 Å². The van der Waals surface area contributed by atoms with Crippen molar-refractivity contribution in [2.75, 3.05) is 24.3 Å². The minimum absolute atomic E-state index is 0.104. The quantitative estimate of drug-likeness (QED) is 0.681. The summed E-state index contributed by atoms with van der Waals surface area (Å²) in [5, 5.41) is 2.85. The molecular formula is C17H28N2O2. The van der Waals surface area contributed by atoms with Crippen LogP contribution in [0.4, 0.5) is 11.4 Å². The van der Waals surface area contributed by atoms with E-state index in [1.54, 1.807) is 6.07 Å². The van der Waals surface area contributed by atoms with Gasteiger partial charge in [0.25, 0.3) is 0 Å². The van der Waals surface area contributed by atoms with Crippen LogP contribution >= 0.6 is 0 Å². The summed E-state index contributed by atoms with van der Waals surface area (Å²) in [6.45, 7) is 7.04. The normalized spacial score (nSPS) is 12.1. The van der Waals surface area contributed by atoms with Gasteiger partial charge in [-0.2, -0.15) is 0 Å². The molecule has 0 aromatic heterocycles. The van der Waals surface area contributed by atoms with Crippen molar-refractivity contribution in [2.45, 2.75) is 46.5 Å². The van der Waals surface area contributed by atoms with Crippen molar-refractivity contribution < 1.29 is 9.53 Å². The molecule has 1 rings (SSSR count). The number of aryl methyl sites for hydroxylation is 1. The van der Waals surface area contributed by atoms with Crippen molar-refractivity contribution in [3.05, 3.63) is 23.8 Å². The van der Waals surface area contributed by atoms with Crippen LogP contribution in [0.1, 0.15) is 45.1 Å². The van der Waals surface area contributed by atoms with E-state index in [0.29, 0.717) is 18.2 Å². The Morgan fingerprint density at radius 1 is 1.38 bits per heavy atom. The van der Waals surface area contributed by atoms with Gasteiger partial charge in [-0.05, 0) is 43.0 Å². The Kier molecular flexibility index (Phi) is 7.83. The van der Waals surface area contributed by atoms with Gasteiger partial charge in [-0.3, -0.25) is 4.79 Å². The molecule has 21 heavy (non-hydrogen) atoms. The van der Waals surface area contributed by atoms with E-state index in [1.165, 1.54) is 19.3 Å². The van der Waals surface area contributed by atoms with Crippen molar-refractivity contribution in [3.8, 4) is 0 Å². The van der Waals surface area contributed by atoms with E-state index in [4.69, 9.17) is 10.5 Å². The number of amides is 1. The molecule has 0 aliphatic carbocycles. The third-order valence-corrected chi connectivity index (χ3v) is 3.65. The fourth-order valence-corrected chi connectivity index (χ4v) is 2.23. The van der Waals surface area contributed by atoms with Gasteiger partial charge >= 0.3 is 0 Å². The number of anilines is 2. The Morgan fingerprint density at radius 2 is 2.14 bits per heavy atom. The number of nitrogens with two attached hydrogens (primary N) is 1. The molecule has 1 aromatic carbocycles. The van der Waals surface area contributed by atoms with Crippen LogP contribution in [-0.2, 0) is 9.53 Å². The Hall–Kier alpha value is -1.55. The molecule has 1 atom stereocenters. The van der Waals surface area contributed by atoms with E-state index in [0.717, 1.165) is 17.7 Å². The highest BCUT2D eigenvalue weighted by molar-refractivity contribution is 5.92. The molecule has 0 heterocycles. The summed E-state index contributed by atoms with van der Waals surface area (Å²) < 4.78 is 5.54. The number of hydrogen-bond donors (Lipinski definition) is 2. The Labute approximate surface area is 128 Å². The standard InChI is InChI=1S/C17H28N2O2/c1-4-6-7-14(5-2)11-21-12-17(20)19-16-9-8-15(18)10-13(16)3/h8-10,14H,4-7,11-12,18H2,1-3H3,(H,19,20). The predicted octanol–water partition coefficient (Wildman–Crippen LogP) is 3.75. The summed E-state index contributed by atoms with van der Waals surface area (Å²) in [4.78, 5) is 11.9. The summed E-state index contributed by atoms with van der Waals surface area (Å²) >= 11 is 0. The first-order valence-corrected chi connectivity index (χ1v) is 7.80. The minimum atomic E-state index is -0.117. The molecule has 3 N–H and O–H groups in total. The van der Waals surface area contributed by atoms with Crippen molar-refractivity contribution in [1.29, 1.82) is 0 Å². The first-order chi connectivity index (χ1) is 10.1. The van der Waals surface area contributed by atoms with Crippen molar-refractivity contribution in [2.24, 2.45) is 5.92 Å². The van der Waals surface area contributed by atoms with Crippen LogP contribution in [0, 0.1) is 12.8 Å². The SMILES string of the molecule is CCCCC(CC)COCC(=O)Nc1ccc(N)cc1C. The fraction of sp³-hybridized carbons (Fsp3) is 0.588. The lowest BCUT2D eigenvalue weighted by molar-refractivity contribution is -0.121. The van der Waals surface area contributed by atoms with Gasteiger partial charge in [0.1, 0.15) is 6.61 Å². The van der Waals surface area contributed by atoms with E-state index in [-0.39, 0.29) is 12.5 Å². The molecule has 1 amide bonds. The molecule has 0 bridgehead atoms. The van der Waals surface area contributed by atoms with Crippen LogP contribution in [0.5, 0.6) is 0 Å². The summed E-state index contributed by atoms with van der Waals surface area (Å²) in [7, 11) is 0. The van der Waals surface area contributed by atoms with E-state index in [9.17, 15) is 4.79 Å². The van der Waals surface area contributed by atoms with Crippen LogP contribution in [0.2, 0.25) is 0 Å². The molecule has 0 saturated carbocycles. The second kappa shape index (κ2) is 9.40.